The summed E-state index contributed by atoms with van der Waals surface area (Å²) >= 11 is 1.02. The molecule has 100 valence electrons. The Morgan fingerprint density at radius 2 is 2.21 bits per heavy atom. The van der Waals surface area contributed by atoms with Gasteiger partial charge in [-0.3, -0.25) is 9.36 Å². The molecule has 0 saturated heterocycles. The zero-order valence-electron chi connectivity index (χ0n) is 10.3. The van der Waals surface area contributed by atoms with Gasteiger partial charge in [0, 0.05) is 0 Å². The number of rotatable bonds is 5. The van der Waals surface area contributed by atoms with Crippen molar-refractivity contribution < 1.29 is 9.90 Å². The number of carboxylic acids is 1. The van der Waals surface area contributed by atoms with Gasteiger partial charge in [-0.05, 0) is 18.1 Å². The van der Waals surface area contributed by atoms with Gasteiger partial charge in [0.05, 0.1) is 12.3 Å². The van der Waals surface area contributed by atoms with Crippen LogP contribution in [0.15, 0.2) is 34.2 Å². The summed E-state index contributed by atoms with van der Waals surface area (Å²) in [6, 6.07) is 7.72. The van der Waals surface area contributed by atoms with Crippen molar-refractivity contribution in [2.45, 2.75) is 18.6 Å². The van der Waals surface area contributed by atoms with Crippen molar-refractivity contribution >= 4 is 17.7 Å². The second-order valence-corrected chi connectivity index (χ2v) is 4.95. The molecule has 2 rings (SSSR count). The number of aliphatic carboxylic acids is 1. The summed E-state index contributed by atoms with van der Waals surface area (Å²) in [5.74, 6) is -1.07. The quantitative estimate of drug-likeness (QED) is 0.800. The number of carboxylic acid groups (broad SMARTS) is 1. The number of aryl methyl sites for hydroxylation is 1. The molecule has 19 heavy (non-hydrogen) atoms. The van der Waals surface area contributed by atoms with E-state index in [4.69, 9.17) is 5.11 Å². The number of carbonyl (C=O) groups is 1. The highest BCUT2D eigenvalue weighted by atomic mass is 32.2. The Bertz CT molecular complexity index is 648. The fraction of sp³-hybridized carbons (Fsp3) is 0.250. The maximum Gasteiger partial charge on any atom is 0.344 e. The van der Waals surface area contributed by atoms with Gasteiger partial charge in [-0.2, -0.15) is 0 Å². The molecule has 7 heteroatoms. The van der Waals surface area contributed by atoms with Crippen LogP contribution in [0.2, 0.25) is 0 Å². The topological polar surface area (TPSA) is 88.0 Å². The first-order valence-corrected chi connectivity index (χ1v) is 6.61. The predicted molar refractivity (Wildman–Crippen MR) is 71.5 cm³/mol. The standard InChI is InChI=1S/C12H13N3O3S/c1-8-4-2-3-5-9(8)6-15-11(18)13-14-12(15)19-7-10(16)17/h2-5H,6-7H2,1H3,(H,13,18)(H,16,17). The largest absolute Gasteiger partial charge is 0.481 e. The Hall–Kier alpha value is -2.02. The number of hydrogen-bond donors (Lipinski definition) is 2. The first-order valence-electron chi connectivity index (χ1n) is 5.62. The molecule has 0 spiro atoms. The molecule has 0 aliphatic heterocycles. The third-order valence-corrected chi connectivity index (χ3v) is 3.60. The van der Waals surface area contributed by atoms with E-state index in [-0.39, 0.29) is 11.4 Å². The minimum atomic E-state index is -0.942. The number of aromatic nitrogens is 3. The van der Waals surface area contributed by atoms with E-state index in [1.165, 1.54) is 4.57 Å². The van der Waals surface area contributed by atoms with Crippen molar-refractivity contribution in [2.75, 3.05) is 5.75 Å². The van der Waals surface area contributed by atoms with Gasteiger partial charge in [0.2, 0.25) is 0 Å². The number of nitrogens with zero attached hydrogens (tertiary/aromatic N) is 2. The molecule has 2 aromatic rings. The van der Waals surface area contributed by atoms with Crippen molar-refractivity contribution in [1.82, 2.24) is 14.8 Å². The van der Waals surface area contributed by atoms with Gasteiger partial charge in [-0.1, -0.05) is 36.0 Å². The molecule has 0 fully saturated rings. The summed E-state index contributed by atoms with van der Waals surface area (Å²) in [5, 5.41) is 15.2. The van der Waals surface area contributed by atoms with Crippen LogP contribution in [-0.2, 0) is 11.3 Å². The lowest BCUT2D eigenvalue weighted by Crippen LogP contribution is -2.19. The fourth-order valence-electron chi connectivity index (χ4n) is 1.64. The second-order valence-electron chi connectivity index (χ2n) is 4.01. The van der Waals surface area contributed by atoms with E-state index in [9.17, 15) is 9.59 Å². The average Bonchev–Trinajstić information content (AvgIpc) is 2.71. The number of nitrogens with one attached hydrogen (secondary N) is 1. The van der Waals surface area contributed by atoms with Crippen LogP contribution in [0.25, 0.3) is 0 Å². The van der Waals surface area contributed by atoms with Gasteiger partial charge in [-0.25, -0.2) is 9.89 Å². The normalized spacial score (nSPS) is 10.6. The smallest absolute Gasteiger partial charge is 0.344 e. The minimum absolute atomic E-state index is 0.127. The molecule has 0 radical (unpaired) electrons. The molecular formula is C12H13N3O3S. The molecule has 0 unspecified atom stereocenters. The van der Waals surface area contributed by atoms with E-state index in [2.05, 4.69) is 10.2 Å². The van der Waals surface area contributed by atoms with E-state index < -0.39 is 5.97 Å². The van der Waals surface area contributed by atoms with Crippen LogP contribution in [0.1, 0.15) is 11.1 Å². The van der Waals surface area contributed by atoms with E-state index in [0.717, 1.165) is 22.9 Å². The van der Waals surface area contributed by atoms with Gasteiger partial charge in [0.15, 0.2) is 5.16 Å². The summed E-state index contributed by atoms with van der Waals surface area (Å²) in [4.78, 5) is 22.2. The first-order chi connectivity index (χ1) is 9.08. The second kappa shape index (κ2) is 5.75. The number of hydrogen-bond acceptors (Lipinski definition) is 4. The Labute approximate surface area is 113 Å². The SMILES string of the molecule is Cc1ccccc1Cn1c(SCC(=O)O)n[nH]c1=O. The van der Waals surface area contributed by atoms with E-state index in [1.807, 2.05) is 31.2 Å². The Balaban J connectivity index is 2.25. The molecule has 0 atom stereocenters. The highest BCUT2D eigenvalue weighted by Gasteiger charge is 2.11. The number of aromatic amines is 1. The summed E-state index contributed by atoms with van der Waals surface area (Å²) in [7, 11) is 0. The first kappa shape index (κ1) is 13.4. The lowest BCUT2D eigenvalue weighted by Gasteiger charge is -2.07. The molecule has 1 heterocycles. The maximum absolute atomic E-state index is 11.7. The maximum atomic E-state index is 11.7. The summed E-state index contributed by atoms with van der Waals surface area (Å²) in [6.07, 6.45) is 0. The monoisotopic (exact) mass is 279 g/mol. The molecular weight excluding hydrogens is 266 g/mol. The third kappa shape index (κ3) is 3.25. The lowest BCUT2D eigenvalue weighted by molar-refractivity contribution is -0.133. The minimum Gasteiger partial charge on any atom is -0.481 e. The van der Waals surface area contributed by atoms with E-state index >= 15 is 0 Å². The van der Waals surface area contributed by atoms with Crippen molar-refractivity contribution in [3.8, 4) is 0 Å². The van der Waals surface area contributed by atoms with Gasteiger partial charge < -0.3 is 5.11 Å². The molecule has 2 N–H and O–H groups in total. The zero-order valence-corrected chi connectivity index (χ0v) is 11.1. The molecule has 1 aromatic heterocycles. The highest BCUT2D eigenvalue weighted by molar-refractivity contribution is 7.99. The van der Waals surface area contributed by atoms with Crippen LogP contribution in [0.5, 0.6) is 0 Å². The van der Waals surface area contributed by atoms with E-state index in [1.54, 1.807) is 0 Å². The zero-order chi connectivity index (χ0) is 13.8. The Kier molecular flexibility index (Phi) is 4.06. The summed E-state index contributed by atoms with van der Waals surface area (Å²) in [6.45, 7) is 2.34. The van der Waals surface area contributed by atoms with Crippen LogP contribution >= 0.6 is 11.8 Å². The van der Waals surface area contributed by atoms with Crippen LogP contribution in [-0.4, -0.2) is 31.6 Å². The molecule has 0 amide bonds. The Morgan fingerprint density at radius 3 is 2.89 bits per heavy atom. The number of H-pyrrole nitrogens is 1. The highest BCUT2D eigenvalue weighted by Crippen LogP contribution is 2.15. The molecule has 0 aliphatic rings. The van der Waals surface area contributed by atoms with Crippen LogP contribution in [0.3, 0.4) is 0 Å². The van der Waals surface area contributed by atoms with Crippen molar-refractivity contribution in [2.24, 2.45) is 0 Å². The summed E-state index contributed by atoms with van der Waals surface area (Å²) in [5.41, 5.74) is 1.74. The van der Waals surface area contributed by atoms with Gasteiger partial charge in [0.1, 0.15) is 0 Å². The fourth-order valence-corrected chi connectivity index (χ4v) is 2.30. The lowest BCUT2D eigenvalue weighted by atomic mass is 10.1. The number of thioether (sulfide) groups is 1. The average molecular weight is 279 g/mol. The molecule has 0 bridgehead atoms. The number of benzene rings is 1. The van der Waals surface area contributed by atoms with E-state index in [0.29, 0.717) is 11.7 Å². The van der Waals surface area contributed by atoms with Gasteiger partial charge in [-0.15, -0.1) is 5.10 Å². The van der Waals surface area contributed by atoms with Gasteiger partial charge in [0.25, 0.3) is 0 Å². The predicted octanol–water partition coefficient (Wildman–Crippen LogP) is 1.10. The van der Waals surface area contributed by atoms with Crippen LogP contribution in [0, 0.1) is 6.92 Å². The third-order valence-electron chi connectivity index (χ3n) is 2.64. The van der Waals surface area contributed by atoms with Crippen molar-refractivity contribution in [3.05, 3.63) is 45.9 Å². The summed E-state index contributed by atoms with van der Waals surface area (Å²) < 4.78 is 1.44. The van der Waals surface area contributed by atoms with Crippen LogP contribution in [0.4, 0.5) is 0 Å². The molecule has 1 aromatic carbocycles. The van der Waals surface area contributed by atoms with Crippen LogP contribution < -0.4 is 5.69 Å². The molecule has 6 nitrogen and oxygen atoms in total. The van der Waals surface area contributed by atoms with Crippen molar-refractivity contribution in [1.29, 1.82) is 0 Å². The molecule has 0 aliphatic carbocycles. The van der Waals surface area contributed by atoms with Gasteiger partial charge >= 0.3 is 11.7 Å². The molecule has 0 saturated carbocycles. The Morgan fingerprint density at radius 1 is 1.47 bits per heavy atom. The van der Waals surface area contributed by atoms with Crippen molar-refractivity contribution in [3.63, 3.8) is 0 Å².